The third kappa shape index (κ3) is 4.02. The van der Waals surface area contributed by atoms with E-state index in [1.807, 2.05) is 0 Å². The van der Waals surface area contributed by atoms with Crippen LogP contribution in [-0.2, 0) is 6.42 Å². The van der Waals surface area contributed by atoms with Crippen molar-refractivity contribution in [3.05, 3.63) is 50.2 Å². The molecule has 1 N–H and O–H groups in total. The molecule has 0 spiro atoms. The monoisotopic (exact) mass is 405 g/mol. The Morgan fingerprint density at radius 1 is 1.40 bits per heavy atom. The van der Waals surface area contributed by atoms with Crippen LogP contribution in [0.1, 0.15) is 24.7 Å². The largest absolute Gasteiger partial charge is 0.369 e. The second-order valence-electron chi connectivity index (χ2n) is 4.32. The molecule has 3 nitrogen and oxygen atoms in total. The molecular weight excluding hydrogens is 392 g/mol. The average Bonchev–Trinajstić information content (AvgIpc) is 2.42. The zero-order valence-corrected chi connectivity index (χ0v) is 13.9. The van der Waals surface area contributed by atoms with E-state index in [4.69, 9.17) is 11.6 Å². The molecule has 0 aliphatic rings. The minimum atomic E-state index is -0.340. The molecule has 1 heterocycles. The van der Waals surface area contributed by atoms with Gasteiger partial charge >= 0.3 is 0 Å². The van der Waals surface area contributed by atoms with Crippen LogP contribution in [-0.4, -0.2) is 16.5 Å². The maximum atomic E-state index is 13.0. The van der Waals surface area contributed by atoms with E-state index in [2.05, 4.69) is 44.8 Å². The van der Waals surface area contributed by atoms with E-state index in [1.54, 1.807) is 12.3 Å². The molecule has 0 unspecified atom stereocenters. The van der Waals surface area contributed by atoms with Crippen molar-refractivity contribution in [2.75, 3.05) is 11.9 Å². The molecule has 0 fully saturated rings. The van der Waals surface area contributed by atoms with Gasteiger partial charge in [0.1, 0.15) is 17.5 Å². The second-order valence-corrected chi connectivity index (χ2v) is 5.89. The van der Waals surface area contributed by atoms with Crippen LogP contribution in [0.15, 0.2) is 24.4 Å². The molecule has 0 saturated heterocycles. The van der Waals surface area contributed by atoms with Crippen LogP contribution >= 0.6 is 34.2 Å². The number of nitrogens with zero attached hydrogens (tertiary/aromatic N) is 2. The van der Waals surface area contributed by atoms with E-state index in [-0.39, 0.29) is 5.82 Å². The van der Waals surface area contributed by atoms with E-state index >= 15 is 0 Å². The highest BCUT2D eigenvalue weighted by molar-refractivity contribution is 14.1. The maximum Gasteiger partial charge on any atom is 0.143 e. The summed E-state index contributed by atoms with van der Waals surface area (Å²) in [6, 6.07) is 4.36. The highest BCUT2D eigenvalue weighted by Crippen LogP contribution is 2.21. The average molecular weight is 406 g/mol. The van der Waals surface area contributed by atoms with Crippen LogP contribution in [0.5, 0.6) is 0 Å². The number of benzene rings is 1. The summed E-state index contributed by atoms with van der Waals surface area (Å²) in [4.78, 5) is 8.78. The second kappa shape index (κ2) is 7.17. The lowest BCUT2D eigenvalue weighted by Gasteiger charge is -2.09. The Hall–Kier alpha value is -0.950. The van der Waals surface area contributed by atoms with Crippen molar-refractivity contribution in [1.29, 1.82) is 0 Å². The van der Waals surface area contributed by atoms with E-state index in [0.717, 1.165) is 27.9 Å². The molecule has 106 valence electrons. The van der Waals surface area contributed by atoms with Crippen molar-refractivity contribution >= 4 is 40.0 Å². The van der Waals surface area contributed by atoms with Crippen molar-refractivity contribution in [2.24, 2.45) is 0 Å². The quantitative estimate of drug-likeness (QED) is 0.754. The fourth-order valence-electron chi connectivity index (χ4n) is 1.69. The van der Waals surface area contributed by atoms with Crippen LogP contribution in [0.2, 0.25) is 5.02 Å². The Bertz CT molecular complexity index is 607. The summed E-state index contributed by atoms with van der Waals surface area (Å²) in [5, 5.41) is 3.66. The lowest BCUT2D eigenvalue weighted by Crippen LogP contribution is -2.07. The van der Waals surface area contributed by atoms with Crippen molar-refractivity contribution < 1.29 is 4.39 Å². The SMILES string of the molecule is CCCNc1nc(Cc2ccc(F)cc2Cl)ncc1I. The molecule has 0 saturated carbocycles. The predicted octanol–water partition coefficient (Wildman–Crippen LogP) is 4.29. The summed E-state index contributed by atoms with van der Waals surface area (Å²) in [6.07, 6.45) is 3.29. The van der Waals surface area contributed by atoms with Crippen molar-refractivity contribution in [3.8, 4) is 0 Å². The summed E-state index contributed by atoms with van der Waals surface area (Å²) in [7, 11) is 0. The third-order valence-electron chi connectivity index (χ3n) is 2.70. The topological polar surface area (TPSA) is 37.8 Å². The Morgan fingerprint density at radius 2 is 2.20 bits per heavy atom. The lowest BCUT2D eigenvalue weighted by molar-refractivity contribution is 0.627. The molecule has 0 atom stereocenters. The van der Waals surface area contributed by atoms with E-state index in [1.165, 1.54) is 12.1 Å². The van der Waals surface area contributed by atoms with Gasteiger partial charge in [-0.05, 0) is 46.7 Å². The van der Waals surface area contributed by atoms with Gasteiger partial charge in [-0.25, -0.2) is 14.4 Å². The molecule has 2 aromatic rings. The van der Waals surface area contributed by atoms with Crippen LogP contribution in [0.3, 0.4) is 0 Å². The normalized spacial score (nSPS) is 10.6. The summed E-state index contributed by atoms with van der Waals surface area (Å²) in [6.45, 7) is 2.96. The Labute approximate surface area is 136 Å². The molecule has 0 aliphatic carbocycles. The first-order chi connectivity index (χ1) is 9.60. The smallest absolute Gasteiger partial charge is 0.143 e. The summed E-state index contributed by atoms with van der Waals surface area (Å²) >= 11 is 8.22. The summed E-state index contributed by atoms with van der Waals surface area (Å²) in [5.41, 5.74) is 0.815. The highest BCUT2D eigenvalue weighted by atomic mass is 127. The van der Waals surface area contributed by atoms with Gasteiger partial charge in [-0.1, -0.05) is 24.6 Å². The Kier molecular flexibility index (Phi) is 5.54. The molecule has 0 radical (unpaired) electrons. The van der Waals surface area contributed by atoms with E-state index in [9.17, 15) is 4.39 Å². The van der Waals surface area contributed by atoms with E-state index in [0.29, 0.717) is 17.3 Å². The highest BCUT2D eigenvalue weighted by Gasteiger charge is 2.08. The minimum absolute atomic E-state index is 0.340. The zero-order valence-electron chi connectivity index (χ0n) is 11.0. The first-order valence-corrected chi connectivity index (χ1v) is 7.75. The van der Waals surface area contributed by atoms with Gasteiger partial charge in [0.2, 0.25) is 0 Å². The molecule has 1 aromatic heterocycles. The number of halogens is 3. The standard InChI is InChI=1S/C14H14ClFIN3/c1-2-5-18-14-12(17)8-19-13(20-14)6-9-3-4-10(16)7-11(9)15/h3-4,7-8H,2,5-6H2,1H3,(H,18,19,20). The first-order valence-electron chi connectivity index (χ1n) is 6.29. The van der Waals surface area contributed by atoms with Gasteiger partial charge in [0.25, 0.3) is 0 Å². The van der Waals surface area contributed by atoms with Gasteiger partial charge in [0.05, 0.1) is 3.57 Å². The number of anilines is 1. The molecule has 2 rings (SSSR count). The van der Waals surface area contributed by atoms with Crippen molar-refractivity contribution in [2.45, 2.75) is 19.8 Å². The summed E-state index contributed by atoms with van der Waals surface area (Å²) in [5.74, 6) is 1.15. The van der Waals surface area contributed by atoms with Crippen molar-refractivity contribution in [3.63, 3.8) is 0 Å². The van der Waals surface area contributed by atoms with Gasteiger partial charge in [-0.2, -0.15) is 0 Å². The Morgan fingerprint density at radius 3 is 2.90 bits per heavy atom. The number of aromatic nitrogens is 2. The van der Waals surface area contributed by atoms with Crippen LogP contribution in [0.25, 0.3) is 0 Å². The predicted molar refractivity (Wildman–Crippen MR) is 87.7 cm³/mol. The number of hydrogen-bond acceptors (Lipinski definition) is 3. The maximum absolute atomic E-state index is 13.0. The molecule has 0 bridgehead atoms. The van der Waals surface area contributed by atoms with Gasteiger partial charge < -0.3 is 5.32 Å². The number of nitrogens with one attached hydrogen (secondary N) is 1. The number of rotatable bonds is 5. The van der Waals surface area contributed by atoms with Gasteiger partial charge in [0, 0.05) is 24.2 Å². The Balaban J connectivity index is 2.20. The zero-order chi connectivity index (χ0) is 14.5. The third-order valence-corrected chi connectivity index (χ3v) is 3.84. The van der Waals surface area contributed by atoms with Crippen LogP contribution in [0, 0.1) is 9.39 Å². The fraction of sp³-hybridized carbons (Fsp3) is 0.286. The van der Waals surface area contributed by atoms with Crippen molar-refractivity contribution in [1.82, 2.24) is 9.97 Å². The molecule has 1 aromatic carbocycles. The molecular formula is C14H14ClFIN3. The lowest BCUT2D eigenvalue weighted by atomic mass is 10.1. The van der Waals surface area contributed by atoms with Gasteiger partial charge in [-0.15, -0.1) is 0 Å². The molecule has 0 aliphatic heterocycles. The number of hydrogen-bond donors (Lipinski definition) is 1. The first kappa shape index (κ1) is 15.4. The fourth-order valence-corrected chi connectivity index (χ4v) is 2.38. The van der Waals surface area contributed by atoms with Gasteiger partial charge in [0.15, 0.2) is 0 Å². The summed E-state index contributed by atoms with van der Waals surface area (Å²) < 4.78 is 14.0. The van der Waals surface area contributed by atoms with E-state index < -0.39 is 0 Å². The molecule has 0 amide bonds. The van der Waals surface area contributed by atoms with Crippen LogP contribution in [0.4, 0.5) is 10.2 Å². The van der Waals surface area contributed by atoms with Crippen LogP contribution < -0.4 is 5.32 Å². The van der Waals surface area contributed by atoms with Gasteiger partial charge in [-0.3, -0.25) is 0 Å². The molecule has 20 heavy (non-hydrogen) atoms. The molecule has 6 heteroatoms. The minimum Gasteiger partial charge on any atom is -0.369 e.